The quantitative estimate of drug-likeness (QED) is 0.332. The van der Waals surface area contributed by atoms with Crippen molar-refractivity contribution in [3.05, 3.63) is 83.4 Å². The van der Waals surface area contributed by atoms with Crippen molar-refractivity contribution in [1.82, 2.24) is 0 Å². The Bertz CT molecular complexity index is 1270. The number of hydrogen-bond donors (Lipinski definition) is 3. The number of carbonyl (C=O) groups excluding carboxylic acids is 1. The molecule has 0 radical (unpaired) electrons. The maximum Gasteiger partial charge on any atom is 0.339 e. The molecule has 0 heterocycles. The molecule has 0 fully saturated rings. The topological polar surface area (TPSA) is 116 Å². The third kappa shape index (κ3) is 4.03. The van der Waals surface area contributed by atoms with E-state index in [9.17, 15) is 9.59 Å². The van der Waals surface area contributed by atoms with Gasteiger partial charge in [0.25, 0.3) is 0 Å². The van der Waals surface area contributed by atoms with Gasteiger partial charge < -0.3 is 21.3 Å². The van der Waals surface area contributed by atoms with Crippen molar-refractivity contribution in [2.45, 2.75) is 6.92 Å². The van der Waals surface area contributed by atoms with Crippen molar-refractivity contribution in [2.75, 3.05) is 18.6 Å². The number of carboxylic acids is 1. The van der Waals surface area contributed by atoms with Crippen LogP contribution in [0.5, 0.6) is 0 Å². The fraction of sp³-hybridized carbons (Fsp3) is 0.0833. The highest BCUT2D eigenvalue weighted by Gasteiger charge is 2.14. The average molecular weight is 402 g/mol. The average Bonchev–Trinajstić information content (AvgIpc) is 2.73. The zero-order chi connectivity index (χ0) is 21.8. The Morgan fingerprint density at radius 3 is 1.97 bits per heavy atom. The molecule has 0 aliphatic carbocycles. The van der Waals surface area contributed by atoms with Gasteiger partial charge >= 0.3 is 11.9 Å². The van der Waals surface area contributed by atoms with Gasteiger partial charge in [-0.05, 0) is 52.2 Å². The van der Waals surface area contributed by atoms with Gasteiger partial charge in [-0.3, -0.25) is 0 Å². The van der Waals surface area contributed by atoms with Crippen LogP contribution in [0.3, 0.4) is 0 Å². The Labute approximate surface area is 173 Å². The van der Waals surface area contributed by atoms with Crippen LogP contribution in [0.1, 0.15) is 26.3 Å². The second-order valence-corrected chi connectivity index (χ2v) is 6.77. The third-order valence-corrected chi connectivity index (χ3v) is 4.88. The first-order chi connectivity index (χ1) is 14.3. The molecule has 0 aliphatic heterocycles. The lowest BCUT2D eigenvalue weighted by atomic mass is 9.98. The molecular weight excluding hydrogens is 380 g/mol. The summed E-state index contributed by atoms with van der Waals surface area (Å²) in [6.07, 6.45) is 0. The zero-order valence-corrected chi connectivity index (χ0v) is 16.7. The first-order valence-electron chi connectivity index (χ1n) is 9.21. The third-order valence-electron chi connectivity index (χ3n) is 4.88. The van der Waals surface area contributed by atoms with Gasteiger partial charge in [-0.15, -0.1) is 0 Å². The van der Waals surface area contributed by atoms with Crippen molar-refractivity contribution < 1.29 is 19.4 Å². The highest BCUT2D eigenvalue weighted by molar-refractivity contribution is 6.03. The SMILES string of the molecule is COC(=O)c1cc2ccccc2cc1N.Cc1c(C(=O)O)c(N)cc2ccccc12. The molecule has 0 aliphatic rings. The van der Waals surface area contributed by atoms with Gasteiger partial charge in [0.1, 0.15) is 0 Å². The van der Waals surface area contributed by atoms with Gasteiger partial charge in [0.2, 0.25) is 0 Å². The van der Waals surface area contributed by atoms with E-state index < -0.39 is 11.9 Å². The Balaban J connectivity index is 0.000000171. The van der Waals surface area contributed by atoms with Crippen LogP contribution in [0.15, 0.2) is 66.7 Å². The molecule has 0 atom stereocenters. The van der Waals surface area contributed by atoms with Crippen LogP contribution in [-0.2, 0) is 4.74 Å². The van der Waals surface area contributed by atoms with Gasteiger partial charge in [-0.25, -0.2) is 9.59 Å². The summed E-state index contributed by atoms with van der Waals surface area (Å²) in [6.45, 7) is 1.78. The molecule has 0 saturated heterocycles. The number of aromatic carboxylic acids is 1. The summed E-state index contributed by atoms with van der Waals surface area (Å²) < 4.78 is 4.65. The van der Waals surface area contributed by atoms with Gasteiger partial charge in [0.15, 0.2) is 0 Å². The Kier molecular flexibility index (Phi) is 5.88. The van der Waals surface area contributed by atoms with Crippen LogP contribution in [0.4, 0.5) is 11.4 Å². The Morgan fingerprint density at radius 2 is 1.37 bits per heavy atom. The number of hydrogen-bond acceptors (Lipinski definition) is 5. The smallest absolute Gasteiger partial charge is 0.339 e. The van der Waals surface area contributed by atoms with E-state index in [0.717, 1.165) is 27.1 Å². The number of rotatable bonds is 2. The molecule has 30 heavy (non-hydrogen) atoms. The monoisotopic (exact) mass is 402 g/mol. The number of anilines is 2. The van der Waals surface area contributed by atoms with Gasteiger partial charge in [-0.1, -0.05) is 48.5 Å². The van der Waals surface area contributed by atoms with E-state index in [1.165, 1.54) is 7.11 Å². The minimum atomic E-state index is -0.976. The number of carboxylic acid groups (broad SMARTS) is 1. The van der Waals surface area contributed by atoms with Crippen molar-refractivity contribution in [3.63, 3.8) is 0 Å². The lowest BCUT2D eigenvalue weighted by Crippen LogP contribution is -2.05. The molecule has 6 heteroatoms. The number of nitrogens with two attached hydrogens (primary N) is 2. The minimum Gasteiger partial charge on any atom is -0.478 e. The second-order valence-electron chi connectivity index (χ2n) is 6.77. The van der Waals surface area contributed by atoms with Gasteiger partial charge in [-0.2, -0.15) is 0 Å². The summed E-state index contributed by atoms with van der Waals surface area (Å²) in [6, 6.07) is 20.6. The summed E-state index contributed by atoms with van der Waals surface area (Å²) in [4.78, 5) is 22.4. The summed E-state index contributed by atoms with van der Waals surface area (Å²) >= 11 is 0. The van der Waals surface area contributed by atoms with E-state index in [4.69, 9.17) is 16.6 Å². The molecule has 152 valence electrons. The number of benzene rings is 4. The van der Waals surface area contributed by atoms with Gasteiger partial charge in [0, 0.05) is 11.4 Å². The number of fused-ring (bicyclic) bond motifs is 2. The highest BCUT2D eigenvalue weighted by atomic mass is 16.5. The van der Waals surface area contributed by atoms with E-state index in [-0.39, 0.29) is 5.56 Å². The largest absolute Gasteiger partial charge is 0.478 e. The van der Waals surface area contributed by atoms with Crippen molar-refractivity contribution >= 4 is 44.9 Å². The van der Waals surface area contributed by atoms with Crippen LogP contribution in [0, 0.1) is 6.92 Å². The molecule has 0 spiro atoms. The van der Waals surface area contributed by atoms with Crippen molar-refractivity contribution in [1.29, 1.82) is 0 Å². The molecular formula is C24H22N2O4. The van der Waals surface area contributed by atoms with Gasteiger partial charge in [0.05, 0.1) is 18.2 Å². The molecule has 0 saturated carbocycles. The van der Waals surface area contributed by atoms with Crippen molar-refractivity contribution in [2.24, 2.45) is 0 Å². The molecule has 0 aromatic heterocycles. The van der Waals surface area contributed by atoms with E-state index in [0.29, 0.717) is 16.9 Å². The first kappa shape index (κ1) is 20.7. The fourth-order valence-corrected chi connectivity index (χ4v) is 3.38. The predicted molar refractivity (Wildman–Crippen MR) is 120 cm³/mol. The molecule has 4 aromatic carbocycles. The first-order valence-corrected chi connectivity index (χ1v) is 9.21. The van der Waals surface area contributed by atoms with E-state index in [2.05, 4.69) is 4.74 Å². The molecule has 6 nitrogen and oxygen atoms in total. The minimum absolute atomic E-state index is 0.203. The zero-order valence-electron chi connectivity index (χ0n) is 16.7. The summed E-state index contributed by atoms with van der Waals surface area (Å²) in [7, 11) is 1.34. The molecule has 5 N–H and O–H groups in total. The molecule has 0 bridgehead atoms. The normalized spacial score (nSPS) is 10.3. The Hall–Kier alpha value is -4.06. The van der Waals surface area contributed by atoms with Crippen LogP contribution >= 0.6 is 0 Å². The van der Waals surface area contributed by atoms with E-state index >= 15 is 0 Å². The fourth-order valence-electron chi connectivity index (χ4n) is 3.38. The number of esters is 1. The van der Waals surface area contributed by atoms with E-state index in [1.54, 1.807) is 25.1 Å². The molecule has 4 aromatic rings. The standard InChI is InChI=1S/2C12H11NO2/c1-15-12(14)10-6-8-4-2-3-5-9(8)7-11(10)13;1-7-9-5-3-2-4-8(9)6-10(13)11(7)12(14)15/h2-7H,13H2,1H3;2-6H,13H2,1H3,(H,14,15). The van der Waals surface area contributed by atoms with E-state index in [1.807, 2.05) is 48.5 Å². The molecule has 0 unspecified atom stereocenters. The highest BCUT2D eigenvalue weighted by Crippen LogP contribution is 2.27. The molecule has 0 amide bonds. The lowest BCUT2D eigenvalue weighted by molar-refractivity contribution is 0.0601. The number of methoxy groups -OCH3 is 1. The lowest BCUT2D eigenvalue weighted by Gasteiger charge is -2.08. The number of aryl methyl sites for hydroxylation is 1. The summed E-state index contributed by atoms with van der Waals surface area (Å²) in [5.41, 5.74) is 13.6. The summed E-state index contributed by atoms with van der Waals surface area (Å²) in [5, 5.41) is 12.9. The van der Waals surface area contributed by atoms with Crippen LogP contribution in [0.2, 0.25) is 0 Å². The maximum atomic E-state index is 11.4. The second kappa shape index (κ2) is 8.53. The van der Waals surface area contributed by atoms with Crippen LogP contribution in [0.25, 0.3) is 21.5 Å². The maximum absolute atomic E-state index is 11.4. The number of nitrogen functional groups attached to an aromatic ring is 2. The number of ether oxygens (including phenoxy) is 1. The predicted octanol–water partition coefficient (Wildman–Crippen LogP) is 4.64. The Morgan fingerprint density at radius 1 is 0.833 bits per heavy atom. The van der Waals surface area contributed by atoms with Crippen molar-refractivity contribution in [3.8, 4) is 0 Å². The summed E-state index contributed by atoms with van der Waals surface area (Å²) in [5.74, 6) is -1.38. The van der Waals surface area contributed by atoms with Crippen LogP contribution in [-0.4, -0.2) is 24.2 Å². The molecule has 4 rings (SSSR count). The van der Waals surface area contributed by atoms with Crippen LogP contribution < -0.4 is 11.5 Å². The number of carbonyl (C=O) groups is 2.